The number of thiophene rings is 1. The van der Waals surface area contributed by atoms with Crippen LogP contribution in [0.25, 0.3) is 0 Å². The summed E-state index contributed by atoms with van der Waals surface area (Å²) in [6, 6.07) is 9.88. The summed E-state index contributed by atoms with van der Waals surface area (Å²) in [7, 11) is 0. The van der Waals surface area contributed by atoms with Crippen molar-refractivity contribution in [1.29, 1.82) is 0 Å². The second-order valence-electron chi connectivity index (χ2n) is 6.08. The number of aromatic nitrogens is 2. The number of hydrogen-bond donors (Lipinski definition) is 2. The smallest absolute Gasteiger partial charge is 0.246 e. The van der Waals surface area contributed by atoms with Crippen molar-refractivity contribution in [3.63, 3.8) is 0 Å². The lowest BCUT2D eigenvalue weighted by molar-refractivity contribution is -0.118. The normalized spacial score (nSPS) is 13.1. The third-order valence-electron chi connectivity index (χ3n) is 4.43. The zero-order valence-corrected chi connectivity index (χ0v) is 14.5. The summed E-state index contributed by atoms with van der Waals surface area (Å²) in [6.45, 7) is 1.72. The molecule has 1 aliphatic heterocycles. The van der Waals surface area contributed by atoms with Crippen molar-refractivity contribution < 1.29 is 4.79 Å². The molecule has 1 amide bonds. The largest absolute Gasteiger partial charge is 0.365 e. The third kappa shape index (κ3) is 3.29. The molecule has 7 heteroatoms. The summed E-state index contributed by atoms with van der Waals surface area (Å²) >= 11 is 1.57. The van der Waals surface area contributed by atoms with Crippen LogP contribution in [0.3, 0.4) is 0 Å². The van der Waals surface area contributed by atoms with Gasteiger partial charge < -0.3 is 9.88 Å². The van der Waals surface area contributed by atoms with Crippen LogP contribution in [-0.2, 0) is 24.2 Å². The summed E-state index contributed by atoms with van der Waals surface area (Å²) in [6.07, 6.45) is 4.84. The Labute approximate surface area is 149 Å². The van der Waals surface area contributed by atoms with E-state index in [2.05, 4.69) is 20.9 Å². The Bertz CT molecular complexity index is 860. The second kappa shape index (κ2) is 6.70. The molecule has 0 fully saturated rings. The molecule has 0 saturated carbocycles. The molecule has 3 aromatic rings. The highest BCUT2D eigenvalue weighted by molar-refractivity contribution is 7.10. The van der Waals surface area contributed by atoms with Gasteiger partial charge >= 0.3 is 0 Å². The highest BCUT2D eigenvalue weighted by atomic mass is 32.1. The molecular weight excluding hydrogens is 334 g/mol. The molecule has 0 radical (unpaired) electrons. The van der Waals surface area contributed by atoms with Crippen LogP contribution in [0.4, 0.5) is 11.4 Å². The van der Waals surface area contributed by atoms with E-state index in [1.54, 1.807) is 17.7 Å². The first-order valence-corrected chi connectivity index (χ1v) is 9.04. The predicted octanol–water partition coefficient (Wildman–Crippen LogP) is 2.48. The van der Waals surface area contributed by atoms with Gasteiger partial charge in [0, 0.05) is 23.3 Å². The molecule has 0 aliphatic carbocycles. The lowest BCUT2D eigenvalue weighted by Crippen LogP contribution is -2.38. The summed E-state index contributed by atoms with van der Waals surface area (Å²) < 4.78 is 0. The fourth-order valence-electron chi connectivity index (χ4n) is 3.12. The molecule has 6 nitrogen and oxygen atoms in total. The van der Waals surface area contributed by atoms with Gasteiger partial charge in [-0.05, 0) is 35.6 Å². The van der Waals surface area contributed by atoms with Crippen molar-refractivity contribution in [2.75, 3.05) is 16.5 Å². The number of hydrazine groups is 1. The number of aromatic amines is 1. The number of H-pyrrole nitrogens is 1. The first-order valence-electron chi connectivity index (χ1n) is 8.16. The number of benzene rings is 1. The van der Waals surface area contributed by atoms with E-state index in [4.69, 9.17) is 5.84 Å². The average molecular weight is 353 g/mol. The summed E-state index contributed by atoms with van der Waals surface area (Å²) in [5, 5.41) is 3.22. The molecule has 25 heavy (non-hydrogen) atoms. The fourth-order valence-corrected chi connectivity index (χ4v) is 3.81. The number of fused-ring (bicyclic) bond motifs is 1. The molecule has 0 atom stereocenters. The van der Waals surface area contributed by atoms with Gasteiger partial charge in [0.25, 0.3) is 0 Å². The van der Waals surface area contributed by atoms with Crippen LogP contribution in [0, 0.1) is 0 Å². The number of anilines is 2. The maximum absolute atomic E-state index is 12.4. The Morgan fingerprint density at radius 2 is 2.32 bits per heavy atom. The Morgan fingerprint density at radius 3 is 3.08 bits per heavy atom. The topological polar surface area (TPSA) is 78.2 Å². The van der Waals surface area contributed by atoms with Gasteiger partial charge in [-0.3, -0.25) is 4.79 Å². The van der Waals surface area contributed by atoms with Crippen molar-refractivity contribution in [2.45, 2.75) is 19.4 Å². The molecule has 3 heterocycles. The highest BCUT2D eigenvalue weighted by Gasteiger charge is 2.22. The maximum atomic E-state index is 12.4. The molecule has 2 aromatic heterocycles. The number of nitrogens with zero attached hydrogens (tertiary/aromatic N) is 3. The van der Waals surface area contributed by atoms with E-state index in [1.165, 1.54) is 10.6 Å². The molecular formula is C18H19N5OS. The van der Waals surface area contributed by atoms with Crippen LogP contribution in [0.15, 0.2) is 48.2 Å². The number of carbonyl (C=O) groups excluding carboxylic acids is 1. The van der Waals surface area contributed by atoms with E-state index in [9.17, 15) is 4.79 Å². The van der Waals surface area contributed by atoms with Crippen molar-refractivity contribution in [1.82, 2.24) is 9.97 Å². The van der Waals surface area contributed by atoms with Crippen LogP contribution >= 0.6 is 11.3 Å². The van der Waals surface area contributed by atoms with Gasteiger partial charge in [0.2, 0.25) is 5.91 Å². The lowest BCUT2D eigenvalue weighted by atomic mass is 10.1. The first kappa shape index (κ1) is 15.9. The SMILES string of the molecule is NN(C(=O)Cc1cccs1)c1ccc2c(c1)N(Cc1cnc[nH]1)CC2. The van der Waals surface area contributed by atoms with Crippen LogP contribution in [-0.4, -0.2) is 22.4 Å². The van der Waals surface area contributed by atoms with E-state index < -0.39 is 0 Å². The summed E-state index contributed by atoms with van der Waals surface area (Å²) in [5.41, 5.74) is 4.20. The molecule has 0 spiro atoms. The predicted molar refractivity (Wildman–Crippen MR) is 99.5 cm³/mol. The molecule has 1 aliphatic rings. The van der Waals surface area contributed by atoms with Gasteiger partial charge in [0.15, 0.2) is 0 Å². The average Bonchev–Trinajstić information content (AvgIpc) is 3.37. The number of hydrogen-bond acceptors (Lipinski definition) is 5. The van der Waals surface area contributed by atoms with Crippen LogP contribution in [0.5, 0.6) is 0 Å². The van der Waals surface area contributed by atoms with Crippen LogP contribution in [0.1, 0.15) is 16.1 Å². The van der Waals surface area contributed by atoms with E-state index >= 15 is 0 Å². The Morgan fingerprint density at radius 1 is 1.40 bits per heavy atom. The minimum absolute atomic E-state index is 0.111. The van der Waals surface area contributed by atoms with Crippen LogP contribution in [0.2, 0.25) is 0 Å². The maximum Gasteiger partial charge on any atom is 0.246 e. The van der Waals surface area contributed by atoms with Gasteiger partial charge in [0.1, 0.15) is 0 Å². The summed E-state index contributed by atoms with van der Waals surface area (Å²) in [5.74, 6) is 5.97. The first-order chi connectivity index (χ1) is 12.2. The Hall–Kier alpha value is -2.64. The number of imidazole rings is 1. The Balaban J connectivity index is 1.52. The van der Waals surface area contributed by atoms with Gasteiger partial charge in [-0.1, -0.05) is 12.1 Å². The van der Waals surface area contributed by atoms with Gasteiger partial charge in [0.05, 0.1) is 30.7 Å². The van der Waals surface area contributed by atoms with Gasteiger partial charge in [-0.2, -0.15) is 0 Å². The van der Waals surface area contributed by atoms with E-state index in [0.717, 1.165) is 41.5 Å². The number of nitrogens with two attached hydrogens (primary N) is 1. The van der Waals surface area contributed by atoms with Gasteiger partial charge in [-0.15, -0.1) is 11.3 Å². The lowest BCUT2D eigenvalue weighted by Gasteiger charge is -2.21. The van der Waals surface area contributed by atoms with E-state index in [1.807, 2.05) is 35.8 Å². The molecule has 4 rings (SSSR count). The molecule has 0 saturated heterocycles. The van der Waals surface area contributed by atoms with Crippen molar-refractivity contribution in [3.05, 3.63) is 64.4 Å². The van der Waals surface area contributed by atoms with Crippen molar-refractivity contribution >= 4 is 28.6 Å². The monoisotopic (exact) mass is 353 g/mol. The standard InChI is InChI=1S/C18H19N5OS/c19-23(18(24)9-16-2-1-7-25-16)15-4-3-13-5-6-22(17(13)8-15)11-14-10-20-12-21-14/h1-4,7-8,10,12H,5-6,9,11,19H2,(H,20,21). The van der Waals surface area contributed by atoms with Crippen molar-refractivity contribution in [2.24, 2.45) is 5.84 Å². The molecule has 3 N–H and O–H groups in total. The second-order valence-corrected chi connectivity index (χ2v) is 7.11. The zero-order chi connectivity index (χ0) is 17.2. The zero-order valence-electron chi connectivity index (χ0n) is 13.7. The number of carbonyl (C=O) groups is 1. The number of nitrogens with one attached hydrogen (secondary N) is 1. The van der Waals surface area contributed by atoms with E-state index in [-0.39, 0.29) is 5.91 Å². The van der Waals surface area contributed by atoms with Crippen molar-refractivity contribution in [3.8, 4) is 0 Å². The third-order valence-corrected chi connectivity index (χ3v) is 5.31. The highest BCUT2D eigenvalue weighted by Crippen LogP contribution is 2.32. The van der Waals surface area contributed by atoms with Gasteiger partial charge in [-0.25, -0.2) is 15.8 Å². The molecule has 1 aromatic carbocycles. The number of rotatable bonds is 5. The molecule has 0 unspecified atom stereocenters. The number of amides is 1. The molecule has 128 valence electrons. The fraction of sp³-hybridized carbons (Fsp3) is 0.222. The van der Waals surface area contributed by atoms with E-state index in [0.29, 0.717) is 6.42 Å². The van der Waals surface area contributed by atoms with Crippen LogP contribution < -0.4 is 15.8 Å². The Kier molecular flexibility index (Phi) is 4.25. The summed E-state index contributed by atoms with van der Waals surface area (Å²) in [4.78, 5) is 22.9. The minimum Gasteiger partial charge on any atom is -0.365 e. The molecule has 0 bridgehead atoms. The quantitative estimate of drug-likeness (QED) is 0.420. The minimum atomic E-state index is -0.111.